The molecule has 1 fully saturated rings. The van der Waals surface area contributed by atoms with Gasteiger partial charge in [-0.2, -0.15) is 8.42 Å². The molecule has 0 unspecified atom stereocenters. The molecule has 192 valence electrons. The normalized spacial score (nSPS) is 19.6. The van der Waals surface area contributed by atoms with Crippen LogP contribution in [-0.2, 0) is 26.9 Å². The van der Waals surface area contributed by atoms with Crippen LogP contribution in [0.4, 0.5) is 4.39 Å². The molecule has 3 rings (SSSR count). The predicted octanol–water partition coefficient (Wildman–Crippen LogP) is 4.14. The molecule has 1 aliphatic rings. The number of carbonyl (C=O) groups excluding carboxylic acids is 1. The average Bonchev–Trinajstić information content (AvgIpc) is 2.74. The maximum Gasteiger partial charge on any atom is 0.265 e. The van der Waals surface area contributed by atoms with Crippen molar-refractivity contribution >= 4 is 27.6 Å². The fourth-order valence-corrected chi connectivity index (χ4v) is 5.74. The molecular formula is C25H32ClFN2O5S. The lowest BCUT2D eigenvalue weighted by Gasteiger charge is -2.44. The number of nitrogens with zero attached hydrogens (tertiary/aromatic N) is 2. The number of hydrogen-bond acceptors (Lipinski definition) is 5. The molecule has 35 heavy (non-hydrogen) atoms. The van der Waals surface area contributed by atoms with Crippen LogP contribution >= 0.6 is 11.6 Å². The summed E-state index contributed by atoms with van der Waals surface area (Å²) in [4.78, 5) is 17.1. The minimum absolute atomic E-state index is 0.0524. The molecule has 1 saturated heterocycles. The molecule has 2 aromatic carbocycles. The number of piperazine rings is 1. The van der Waals surface area contributed by atoms with Gasteiger partial charge in [0.2, 0.25) is 0 Å². The van der Waals surface area contributed by atoms with Gasteiger partial charge in [-0.3, -0.25) is 14.2 Å². The maximum atomic E-state index is 13.2. The van der Waals surface area contributed by atoms with Crippen LogP contribution in [0.25, 0.3) is 0 Å². The van der Waals surface area contributed by atoms with Crippen molar-refractivity contribution in [3.8, 4) is 5.75 Å². The van der Waals surface area contributed by atoms with Crippen LogP contribution < -0.4 is 4.74 Å². The third-order valence-electron chi connectivity index (χ3n) is 6.30. The van der Waals surface area contributed by atoms with Crippen molar-refractivity contribution < 1.29 is 26.9 Å². The first kappa shape index (κ1) is 27.4. The number of amides is 1. The summed E-state index contributed by atoms with van der Waals surface area (Å²) in [6.07, 6.45) is 0. The lowest BCUT2D eigenvalue weighted by molar-refractivity contribution is -0.139. The van der Waals surface area contributed by atoms with Crippen LogP contribution in [-0.4, -0.2) is 66.2 Å². The average molecular weight is 527 g/mol. The highest BCUT2D eigenvalue weighted by Gasteiger charge is 2.33. The Morgan fingerprint density at radius 2 is 1.80 bits per heavy atom. The van der Waals surface area contributed by atoms with Crippen LogP contribution in [0.1, 0.15) is 38.8 Å². The summed E-state index contributed by atoms with van der Waals surface area (Å²) in [6, 6.07) is 11.3. The maximum absolute atomic E-state index is 13.2. The van der Waals surface area contributed by atoms with E-state index in [0.29, 0.717) is 36.0 Å². The second kappa shape index (κ2) is 10.8. The zero-order valence-corrected chi connectivity index (χ0v) is 21.9. The minimum atomic E-state index is -4.25. The molecule has 0 radical (unpaired) electrons. The van der Waals surface area contributed by atoms with Crippen LogP contribution in [0, 0.1) is 5.82 Å². The highest BCUT2D eigenvalue weighted by Crippen LogP contribution is 2.35. The predicted molar refractivity (Wildman–Crippen MR) is 134 cm³/mol. The van der Waals surface area contributed by atoms with Crippen LogP contribution in [0.2, 0.25) is 5.02 Å². The van der Waals surface area contributed by atoms with Gasteiger partial charge in [0.05, 0.1) is 5.75 Å². The Hall–Kier alpha value is -2.20. The summed E-state index contributed by atoms with van der Waals surface area (Å²) in [5.74, 6) is -0.628. The molecule has 0 aliphatic carbocycles. The smallest absolute Gasteiger partial charge is 0.265 e. The first-order valence-electron chi connectivity index (χ1n) is 11.4. The molecule has 1 N–H and O–H groups in total. The van der Waals surface area contributed by atoms with Gasteiger partial charge < -0.3 is 9.64 Å². The largest absolute Gasteiger partial charge is 0.483 e. The Balaban J connectivity index is 1.66. The number of benzene rings is 2. The molecule has 0 aromatic heterocycles. The molecular weight excluding hydrogens is 495 g/mol. The molecule has 1 amide bonds. The van der Waals surface area contributed by atoms with Gasteiger partial charge in [-0.05, 0) is 49.7 Å². The zero-order chi connectivity index (χ0) is 26.0. The number of ether oxygens (including phenoxy) is 1. The Labute approximate surface area is 211 Å². The van der Waals surface area contributed by atoms with E-state index in [4.69, 9.17) is 16.3 Å². The first-order chi connectivity index (χ1) is 16.2. The molecule has 0 saturated carbocycles. The van der Waals surface area contributed by atoms with Crippen molar-refractivity contribution in [2.24, 2.45) is 0 Å². The third-order valence-corrected chi connectivity index (χ3v) is 7.62. The summed E-state index contributed by atoms with van der Waals surface area (Å²) in [5.41, 5.74) is 0.502. The quantitative estimate of drug-likeness (QED) is 0.520. The van der Waals surface area contributed by atoms with Crippen LogP contribution in [0.15, 0.2) is 42.5 Å². The highest BCUT2D eigenvalue weighted by molar-refractivity contribution is 7.85. The number of hydrogen-bond donors (Lipinski definition) is 1. The summed E-state index contributed by atoms with van der Waals surface area (Å²) in [7, 11) is -4.25. The van der Waals surface area contributed by atoms with Gasteiger partial charge in [-0.25, -0.2) is 4.39 Å². The molecule has 2 atom stereocenters. The van der Waals surface area contributed by atoms with Gasteiger partial charge in [-0.1, -0.05) is 37.6 Å². The van der Waals surface area contributed by atoms with Gasteiger partial charge in [0.15, 0.2) is 6.61 Å². The van der Waals surface area contributed by atoms with Crippen LogP contribution in [0.3, 0.4) is 0 Å². The zero-order valence-electron chi connectivity index (χ0n) is 20.4. The summed E-state index contributed by atoms with van der Waals surface area (Å²) >= 11 is 6.13. The van der Waals surface area contributed by atoms with E-state index >= 15 is 0 Å². The fourth-order valence-electron chi connectivity index (χ4n) is 4.50. The second-order valence-corrected chi connectivity index (χ2v) is 11.7. The van der Waals surface area contributed by atoms with Gasteiger partial charge in [0, 0.05) is 47.7 Å². The Kier molecular flexibility index (Phi) is 8.47. The number of carbonyl (C=O) groups is 1. The SMILES string of the molecule is C[C@@H]1CN(Cc2ccc(F)cc2)[C@@H](C)CN1C(=O)COc1ccc(Cl)cc1C(C)(C)CS(=O)(=O)O. The molecule has 7 nitrogen and oxygen atoms in total. The molecule has 10 heteroatoms. The summed E-state index contributed by atoms with van der Waals surface area (Å²) < 4.78 is 51.4. The van der Waals surface area contributed by atoms with E-state index in [2.05, 4.69) is 4.90 Å². The molecule has 1 aliphatic heterocycles. The van der Waals surface area contributed by atoms with E-state index in [0.717, 1.165) is 5.56 Å². The Morgan fingerprint density at radius 3 is 2.43 bits per heavy atom. The van der Waals surface area contributed by atoms with Gasteiger partial charge in [0.25, 0.3) is 16.0 Å². The third kappa shape index (κ3) is 7.39. The minimum Gasteiger partial charge on any atom is -0.483 e. The van der Waals surface area contributed by atoms with Gasteiger partial charge >= 0.3 is 0 Å². The van der Waals surface area contributed by atoms with Crippen molar-refractivity contribution in [3.05, 3.63) is 64.4 Å². The highest BCUT2D eigenvalue weighted by atomic mass is 35.5. The van der Waals surface area contributed by atoms with E-state index in [-0.39, 0.29) is 30.4 Å². The number of halogens is 2. The molecule has 0 spiro atoms. The molecule has 2 aromatic rings. The van der Waals surface area contributed by atoms with Crippen molar-refractivity contribution in [3.63, 3.8) is 0 Å². The Bertz CT molecular complexity index is 1160. The standard InChI is InChI=1S/C25H32ClFN2O5S/c1-17-13-29(18(2)12-28(17)14-19-5-8-21(27)9-6-19)24(30)15-34-23-10-7-20(26)11-22(23)25(3,4)16-35(31,32)33/h5-11,17-18H,12-16H2,1-4H3,(H,31,32,33)/t17-,18+/m0/s1. The molecule has 0 bridgehead atoms. The van der Waals surface area contributed by atoms with Gasteiger partial charge in [-0.15, -0.1) is 0 Å². The van der Waals surface area contributed by atoms with Crippen LogP contribution in [0.5, 0.6) is 5.75 Å². The van der Waals surface area contributed by atoms with E-state index < -0.39 is 21.3 Å². The first-order valence-corrected chi connectivity index (χ1v) is 13.4. The van der Waals surface area contributed by atoms with Crippen molar-refractivity contribution in [2.75, 3.05) is 25.4 Å². The van der Waals surface area contributed by atoms with Crippen molar-refractivity contribution in [2.45, 2.75) is 51.7 Å². The van der Waals surface area contributed by atoms with Crippen molar-refractivity contribution in [1.82, 2.24) is 9.80 Å². The lowest BCUT2D eigenvalue weighted by atomic mass is 9.86. The number of rotatable bonds is 8. The summed E-state index contributed by atoms with van der Waals surface area (Å²) in [5, 5.41) is 0.391. The van der Waals surface area contributed by atoms with E-state index in [1.807, 2.05) is 13.8 Å². The van der Waals surface area contributed by atoms with E-state index in [1.54, 1.807) is 49.1 Å². The lowest BCUT2D eigenvalue weighted by Crippen LogP contribution is -2.58. The van der Waals surface area contributed by atoms with Crippen molar-refractivity contribution in [1.29, 1.82) is 0 Å². The second-order valence-electron chi connectivity index (χ2n) is 9.84. The van der Waals surface area contributed by atoms with E-state index in [9.17, 15) is 22.2 Å². The molecule has 1 heterocycles. The monoisotopic (exact) mass is 526 g/mol. The van der Waals surface area contributed by atoms with Gasteiger partial charge in [0.1, 0.15) is 11.6 Å². The van der Waals surface area contributed by atoms with E-state index in [1.165, 1.54) is 12.1 Å². The Morgan fingerprint density at radius 1 is 1.14 bits per heavy atom. The topological polar surface area (TPSA) is 87.2 Å². The summed E-state index contributed by atoms with van der Waals surface area (Å²) in [6.45, 7) is 8.98. The fraction of sp³-hybridized carbons (Fsp3) is 0.480.